The van der Waals surface area contributed by atoms with Crippen molar-refractivity contribution in [3.05, 3.63) is 59.7 Å². The highest BCUT2D eigenvalue weighted by Crippen LogP contribution is 2.22. The van der Waals surface area contributed by atoms with E-state index in [0.29, 0.717) is 23.4 Å². The molecule has 1 saturated carbocycles. The molecule has 0 atom stereocenters. The van der Waals surface area contributed by atoms with E-state index in [-0.39, 0.29) is 23.0 Å². The highest BCUT2D eigenvalue weighted by molar-refractivity contribution is 7.80. The predicted molar refractivity (Wildman–Crippen MR) is 150 cm³/mol. The lowest BCUT2D eigenvalue weighted by Crippen LogP contribution is -2.42. The summed E-state index contributed by atoms with van der Waals surface area (Å²) in [6.45, 7) is 2.88. The fraction of sp³-hybridized carbons (Fsp3) is 0.483. The summed E-state index contributed by atoms with van der Waals surface area (Å²) >= 11 is 5.51. The molecule has 0 spiro atoms. The number of ether oxygens (including phenoxy) is 1. The molecule has 1 aliphatic rings. The summed E-state index contributed by atoms with van der Waals surface area (Å²) < 4.78 is 5.78. The van der Waals surface area contributed by atoms with Crippen molar-refractivity contribution in [2.24, 2.45) is 0 Å². The van der Waals surface area contributed by atoms with Crippen molar-refractivity contribution in [3.8, 4) is 5.75 Å². The van der Waals surface area contributed by atoms with Crippen LogP contribution in [0.4, 0.5) is 5.69 Å². The lowest BCUT2D eigenvalue weighted by atomic mass is 9.95. The lowest BCUT2D eigenvalue weighted by molar-refractivity contribution is 0.0927. The van der Waals surface area contributed by atoms with E-state index in [9.17, 15) is 9.59 Å². The molecule has 2 N–H and O–H groups in total. The summed E-state index contributed by atoms with van der Waals surface area (Å²) in [5, 5.41) is 6.17. The number of benzene rings is 2. The van der Waals surface area contributed by atoms with E-state index in [2.05, 4.69) is 17.6 Å². The molecule has 3 rings (SSSR count). The van der Waals surface area contributed by atoms with Gasteiger partial charge in [-0.3, -0.25) is 14.9 Å². The second kappa shape index (κ2) is 14.6. The van der Waals surface area contributed by atoms with Gasteiger partial charge in [0.25, 0.3) is 11.8 Å². The van der Waals surface area contributed by atoms with Crippen LogP contribution in [0.25, 0.3) is 0 Å². The number of amides is 2. The number of anilines is 1. The molecule has 2 amide bonds. The maximum absolute atomic E-state index is 13.0. The molecule has 1 aliphatic carbocycles. The molecule has 2 aromatic carbocycles. The van der Waals surface area contributed by atoms with E-state index in [1.807, 2.05) is 18.2 Å². The standard InChI is InChI=1S/C29H39N3O3S/c1-3-4-5-6-12-21-35-24-19-17-22(18-20-24)27(33)31-29(36)32(2)26-16-11-10-15-25(26)28(34)30-23-13-8-7-9-14-23/h10-11,15-20,23H,3-9,12-14,21H2,1-2H3,(H,30,34)(H,31,33,36). The molecule has 6 nitrogen and oxygen atoms in total. The Balaban J connectivity index is 1.54. The minimum Gasteiger partial charge on any atom is -0.494 e. The number of rotatable bonds is 11. The van der Waals surface area contributed by atoms with E-state index in [4.69, 9.17) is 17.0 Å². The fourth-order valence-electron chi connectivity index (χ4n) is 4.43. The van der Waals surface area contributed by atoms with Crippen LogP contribution in [0, 0.1) is 0 Å². The SMILES string of the molecule is CCCCCCCOc1ccc(C(=O)NC(=S)N(C)c2ccccc2C(=O)NC2CCCCC2)cc1. The van der Waals surface area contributed by atoms with Gasteiger partial charge in [-0.15, -0.1) is 0 Å². The molecular formula is C29H39N3O3S. The Morgan fingerprint density at radius 1 is 0.944 bits per heavy atom. The molecule has 7 heteroatoms. The largest absolute Gasteiger partial charge is 0.494 e. The fourth-order valence-corrected chi connectivity index (χ4v) is 4.62. The first-order valence-corrected chi connectivity index (χ1v) is 13.6. The maximum Gasteiger partial charge on any atom is 0.257 e. The summed E-state index contributed by atoms with van der Waals surface area (Å²) in [5.74, 6) is 0.334. The number of unbranched alkanes of at least 4 members (excludes halogenated alkanes) is 4. The van der Waals surface area contributed by atoms with Crippen molar-refractivity contribution in [3.63, 3.8) is 0 Å². The number of hydrogen-bond acceptors (Lipinski definition) is 4. The number of carbonyl (C=O) groups is 2. The number of carbonyl (C=O) groups excluding carboxylic acids is 2. The van der Waals surface area contributed by atoms with Gasteiger partial charge in [0, 0.05) is 18.7 Å². The minimum absolute atomic E-state index is 0.112. The average molecular weight is 510 g/mol. The highest BCUT2D eigenvalue weighted by Gasteiger charge is 2.21. The van der Waals surface area contributed by atoms with Gasteiger partial charge < -0.3 is 15.0 Å². The predicted octanol–water partition coefficient (Wildman–Crippen LogP) is 6.25. The Bertz CT molecular complexity index is 1000. The maximum atomic E-state index is 13.0. The summed E-state index contributed by atoms with van der Waals surface area (Å²) in [5.41, 5.74) is 1.68. The normalized spacial score (nSPS) is 13.6. The van der Waals surface area contributed by atoms with E-state index >= 15 is 0 Å². The Hall–Kier alpha value is -2.93. The minimum atomic E-state index is -0.304. The molecule has 0 radical (unpaired) electrons. The van der Waals surface area contributed by atoms with Crippen LogP contribution >= 0.6 is 12.2 Å². The second-order valence-electron chi connectivity index (χ2n) is 9.43. The van der Waals surface area contributed by atoms with Gasteiger partial charge in [-0.05, 0) is 67.9 Å². The van der Waals surface area contributed by atoms with Crippen LogP contribution in [0.5, 0.6) is 5.75 Å². The molecule has 0 heterocycles. The number of nitrogens with zero attached hydrogens (tertiary/aromatic N) is 1. The summed E-state index contributed by atoms with van der Waals surface area (Å²) in [4.78, 5) is 27.5. The third-order valence-corrected chi connectivity index (χ3v) is 6.98. The third-order valence-electron chi connectivity index (χ3n) is 6.61. The van der Waals surface area contributed by atoms with Gasteiger partial charge in [-0.2, -0.15) is 0 Å². The van der Waals surface area contributed by atoms with Crippen LogP contribution in [0.3, 0.4) is 0 Å². The zero-order valence-electron chi connectivity index (χ0n) is 21.6. The Labute approximate surface area is 220 Å². The number of nitrogens with one attached hydrogen (secondary N) is 2. The quantitative estimate of drug-likeness (QED) is 0.277. The molecule has 0 bridgehead atoms. The average Bonchev–Trinajstić information content (AvgIpc) is 2.91. The number of thiocarbonyl (C=S) groups is 1. The Morgan fingerprint density at radius 2 is 1.64 bits per heavy atom. The Kier molecular flexibility index (Phi) is 11.2. The van der Waals surface area contributed by atoms with Crippen molar-refractivity contribution in [2.45, 2.75) is 77.2 Å². The summed E-state index contributed by atoms with van der Waals surface area (Å²) in [6, 6.07) is 14.6. The van der Waals surface area contributed by atoms with Gasteiger partial charge in [-0.25, -0.2) is 0 Å². The molecule has 36 heavy (non-hydrogen) atoms. The van der Waals surface area contributed by atoms with Gasteiger partial charge in [0.2, 0.25) is 0 Å². The smallest absolute Gasteiger partial charge is 0.257 e. The van der Waals surface area contributed by atoms with Crippen LogP contribution in [-0.4, -0.2) is 36.6 Å². The number of para-hydroxylation sites is 1. The van der Waals surface area contributed by atoms with Crippen molar-refractivity contribution >= 4 is 34.8 Å². The van der Waals surface area contributed by atoms with Crippen LogP contribution in [0.1, 0.15) is 91.8 Å². The highest BCUT2D eigenvalue weighted by atomic mass is 32.1. The molecule has 0 saturated heterocycles. The van der Waals surface area contributed by atoms with Gasteiger partial charge in [0.15, 0.2) is 5.11 Å². The zero-order chi connectivity index (χ0) is 25.8. The molecule has 1 fully saturated rings. The molecule has 0 unspecified atom stereocenters. The number of hydrogen-bond donors (Lipinski definition) is 2. The van der Waals surface area contributed by atoms with E-state index in [1.165, 1.54) is 32.1 Å². The summed E-state index contributed by atoms with van der Waals surface area (Å²) in [6.07, 6.45) is 11.5. The third kappa shape index (κ3) is 8.33. The van der Waals surface area contributed by atoms with E-state index < -0.39 is 0 Å². The summed E-state index contributed by atoms with van der Waals surface area (Å²) in [7, 11) is 1.76. The first-order chi connectivity index (χ1) is 17.5. The van der Waals surface area contributed by atoms with E-state index in [1.54, 1.807) is 42.3 Å². The molecule has 194 valence electrons. The molecular weight excluding hydrogens is 470 g/mol. The van der Waals surface area contributed by atoms with Crippen molar-refractivity contribution < 1.29 is 14.3 Å². The van der Waals surface area contributed by atoms with Gasteiger partial charge in [-0.1, -0.05) is 64.0 Å². The second-order valence-corrected chi connectivity index (χ2v) is 9.82. The lowest BCUT2D eigenvalue weighted by Gasteiger charge is -2.26. The van der Waals surface area contributed by atoms with Gasteiger partial charge >= 0.3 is 0 Å². The first-order valence-electron chi connectivity index (χ1n) is 13.2. The zero-order valence-corrected chi connectivity index (χ0v) is 22.4. The first kappa shape index (κ1) is 27.7. The van der Waals surface area contributed by atoms with Crippen LogP contribution in [-0.2, 0) is 0 Å². The molecule has 0 aliphatic heterocycles. The van der Waals surface area contributed by atoms with Crippen LogP contribution in [0.2, 0.25) is 0 Å². The van der Waals surface area contributed by atoms with Crippen molar-refractivity contribution in [1.29, 1.82) is 0 Å². The van der Waals surface area contributed by atoms with Crippen molar-refractivity contribution in [2.75, 3.05) is 18.6 Å². The van der Waals surface area contributed by atoms with Crippen LogP contribution in [0.15, 0.2) is 48.5 Å². The van der Waals surface area contributed by atoms with Crippen LogP contribution < -0.4 is 20.3 Å². The monoisotopic (exact) mass is 509 g/mol. The van der Waals surface area contributed by atoms with Gasteiger partial charge in [0.05, 0.1) is 17.9 Å². The molecule has 2 aromatic rings. The van der Waals surface area contributed by atoms with Gasteiger partial charge in [0.1, 0.15) is 5.75 Å². The van der Waals surface area contributed by atoms with Crippen molar-refractivity contribution in [1.82, 2.24) is 10.6 Å². The molecule has 0 aromatic heterocycles. The topological polar surface area (TPSA) is 70.7 Å². The Morgan fingerprint density at radius 3 is 2.36 bits per heavy atom. The van der Waals surface area contributed by atoms with E-state index in [0.717, 1.165) is 37.9 Å².